The number of carbonyl (C=O) groups is 1. The Hall–Kier alpha value is -0.870. The molecule has 0 bridgehead atoms. The van der Waals surface area contributed by atoms with E-state index in [1.807, 2.05) is 24.3 Å². The van der Waals surface area contributed by atoms with Crippen molar-refractivity contribution in [1.29, 1.82) is 0 Å². The highest BCUT2D eigenvalue weighted by Crippen LogP contribution is 2.20. The van der Waals surface area contributed by atoms with E-state index in [1.54, 1.807) is 11.8 Å². The molecule has 2 rings (SSSR count). The normalized spacial score (nSPS) is 14.4. The Morgan fingerprint density at radius 1 is 1.35 bits per heavy atom. The van der Waals surface area contributed by atoms with E-state index in [-0.39, 0.29) is 6.03 Å². The lowest BCUT2D eigenvalue weighted by molar-refractivity contribution is 0.241. The summed E-state index contributed by atoms with van der Waals surface area (Å²) >= 11 is 7.50. The fourth-order valence-corrected chi connectivity index (χ4v) is 2.22. The Kier molecular flexibility index (Phi) is 4.57. The zero-order valence-corrected chi connectivity index (χ0v) is 11.0. The molecule has 0 radical (unpaired) electrons. The predicted octanol–water partition coefficient (Wildman–Crippen LogP) is 2.89. The molecule has 2 amide bonds. The number of benzene rings is 1. The summed E-state index contributed by atoms with van der Waals surface area (Å²) in [7, 11) is 0. The van der Waals surface area contributed by atoms with Crippen molar-refractivity contribution in [3.05, 3.63) is 29.3 Å². The van der Waals surface area contributed by atoms with Crippen LogP contribution >= 0.6 is 23.4 Å². The van der Waals surface area contributed by atoms with Crippen LogP contribution in [0.25, 0.3) is 0 Å². The van der Waals surface area contributed by atoms with E-state index in [1.165, 1.54) is 4.90 Å². The molecular weight excluding hydrogens is 256 g/mol. The van der Waals surface area contributed by atoms with Gasteiger partial charge in [-0.25, -0.2) is 4.79 Å². The van der Waals surface area contributed by atoms with E-state index in [0.29, 0.717) is 12.6 Å². The zero-order valence-electron chi connectivity index (χ0n) is 9.41. The monoisotopic (exact) mass is 270 g/mol. The maximum absolute atomic E-state index is 11.3. The highest BCUT2D eigenvalue weighted by molar-refractivity contribution is 7.99. The van der Waals surface area contributed by atoms with Gasteiger partial charge in [0, 0.05) is 28.3 Å². The number of hydrogen-bond donors (Lipinski definition) is 2. The third-order valence-corrected chi connectivity index (χ3v) is 3.65. The van der Waals surface area contributed by atoms with Crippen molar-refractivity contribution in [3.63, 3.8) is 0 Å². The van der Waals surface area contributed by atoms with Crippen LogP contribution in [0.2, 0.25) is 5.02 Å². The number of halogens is 1. The van der Waals surface area contributed by atoms with Gasteiger partial charge < -0.3 is 10.6 Å². The number of urea groups is 1. The summed E-state index contributed by atoms with van der Waals surface area (Å²) in [6.45, 7) is 0.672. The second kappa shape index (κ2) is 6.17. The average molecular weight is 271 g/mol. The Morgan fingerprint density at radius 3 is 2.71 bits per heavy atom. The molecule has 1 saturated carbocycles. The lowest BCUT2D eigenvalue weighted by Crippen LogP contribution is -2.37. The van der Waals surface area contributed by atoms with E-state index in [2.05, 4.69) is 10.6 Å². The summed E-state index contributed by atoms with van der Waals surface area (Å²) in [4.78, 5) is 12.5. The molecule has 0 unspecified atom stereocenters. The summed E-state index contributed by atoms with van der Waals surface area (Å²) in [6.07, 6.45) is 2.24. The van der Waals surface area contributed by atoms with Gasteiger partial charge in [0.1, 0.15) is 0 Å². The first kappa shape index (κ1) is 12.6. The predicted molar refractivity (Wildman–Crippen MR) is 71.7 cm³/mol. The van der Waals surface area contributed by atoms with E-state index in [0.717, 1.165) is 23.6 Å². The Morgan fingerprint density at radius 2 is 2.06 bits per heavy atom. The number of hydrogen-bond acceptors (Lipinski definition) is 2. The molecule has 92 valence electrons. The van der Waals surface area contributed by atoms with Gasteiger partial charge in [-0.1, -0.05) is 11.6 Å². The molecule has 0 atom stereocenters. The largest absolute Gasteiger partial charge is 0.337 e. The molecule has 1 aliphatic carbocycles. The molecule has 0 spiro atoms. The molecule has 1 aliphatic rings. The van der Waals surface area contributed by atoms with Gasteiger partial charge in [-0.3, -0.25) is 0 Å². The fraction of sp³-hybridized carbons (Fsp3) is 0.417. The maximum atomic E-state index is 11.3. The van der Waals surface area contributed by atoms with Gasteiger partial charge in [-0.15, -0.1) is 11.8 Å². The van der Waals surface area contributed by atoms with E-state index < -0.39 is 0 Å². The van der Waals surface area contributed by atoms with Crippen molar-refractivity contribution >= 4 is 29.4 Å². The van der Waals surface area contributed by atoms with Crippen molar-refractivity contribution in [2.75, 3.05) is 12.3 Å². The minimum absolute atomic E-state index is 0.0517. The van der Waals surface area contributed by atoms with E-state index in [4.69, 9.17) is 11.6 Å². The Bertz CT molecular complexity index is 379. The first-order valence-corrected chi connectivity index (χ1v) is 7.03. The lowest BCUT2D eigenvalue weighted by Gasteiger charge is -2.06. The van der Waals surface area contributed by atoms with Gasteiger partial charge >= 0.3 is 6.03 Å². The first-order valence-electron chi connectivity index (χ1n) is 5.67. The van der Waals surface area contributed by atoms with Gasteiger partial charge in [-0.05, 0) is 37.1 Å². The molecule has 0 aliphatic heterocycles. The minimum atomic E-state index is -0.0517. The van der Waals surface area contributed by atoms with Gasteiger partial charge in [0.2, 0.25) is 0 Å². The van der Waals surface area contributed by atoms with Crippen LogP contribution in [0.5, 0.6) is 0 Å². The second-order valence-corrected chi connectivity index (χ2v) is 5.58. The van der Waals surface area contributed by atoms with Crippen molar-refractivity contribution in [2.24, 2.45) is 0 Å². The number of thioether (sulfide) groups is 1. The molecule has 1 aromatic rings. The molecular formula is C12H15ClN2OS. The Balaban J connectivity index is 1.59. The van der Waals surface area contributed by atoms with Crippen LogP contribution in [0.15, 0.2) is 29.2 Å². The fourth-order valence-electron chi connectivity index (χ4n) is 1.33. The lowest BCUT2D eigenvalue weighted by atomic mass is 10.4. The second-order valence-electron chi connectivity index (χ2n) is 3.98. The molecule has 2 N–H and O–H groups in total. The summed E-state index contributed by atoms with van der Waals surface area (Å²) in [6, 6.07) is 8.08. The molecule has 0 heterocycles. The van der Waals surface area contributed by atoms with Crippen molar-refractivity contribution in [1.82, 2.24) is 10.6 Å². The van der Waals surface area contributed by atoms with Gasteiger partial charge in [0.25, 0.3) is 0 Å². The van der Waals surface area contributed by atoms with Crippen LogP contribution in [-0.2, 0) is 0 Å². The topological polar surface area (TPSA) is 41.1 Å². The minimum Gasteiger partial charge on any atom is -0.337 e. The smallest absolute Gasteiger partial charge is 0.315 e. The number of amides is 2. The molecule has 1 aromatic carbocycles. The summed E-state index contributed by atoms with van der Waals surface area (Å²) in [5, 5.41) is 6.47. The summed E-state index contributed by atoms with van der Waals surface area (Å²) in [5.74, 6) is 0.861. The quantitative estimate of drug-likeness (QED) is 0.638. The van der Waals surface area contributed by atoms with Crippen molar-refractivity contribution in [2.45, 2.75) is 23.8 Å². The standard InChI is InChI=1S/C12H15ClN2OS/c13-9-1-5-11(6-2-9)17-8-7-14-12(16)15-10-3-4-10/h1-2,5-6,10H,3-4,7-8H2,(H2,14,15,16). The van der Waals surface area contributed by atoms with Crippen LogP contribution in [0.4, 0.5) is 4.79 Å². The molecule has 0 aromatic heterocycles. The van der Waals surface area contributed by atoms with Crippen molar-refractivity contribution < 1.29 is 4.79 Å². The molecule has 5 heteroatoms. The third-order valence-electron chi connectivity index (χ3n) is 2.38. The van der Waals surface area contributed by atoms with Crippen LogP contribution in [0.1, 0.15) is 12.8 Å². The van der Waals surface area contributed by atoms with Gasteiger partial charge in [0.05, 0.1) is 0 Å². The van der Waals surface area contributed by atoms with Crippen LogP contribution in [0.3, 0.4) is 0 Å². The van der Waals surface area contributed by atoms with E-state index in [9.17, 15) is 4.79 Å². The Labute approximate surface area is 110 Å². The highest BCUT2D eigenvalue weighted by Gasteiger charge is 2.22. The average Bonchev–Trinajstić information content (AvgIpc) is 3.11. The van der Waals surface area contributed by atoms with Crippen LogP contribution in [-0.4, -0.2) is 24.4 Å². The first-order chi connectivity index (χ1) is 8.24. The highest BCUT2D eigenvalue weighted by atomic mass is 35.5. The van der Waals surface area contributed by atoms with Crippen LogP contribution in [0, 0.1) is 0 Å². The molecule has 17 heavy (non-hydrogen) atoms. The maximum Gasteiger partial charge on any atom is 0.315 e. The van der Waals surface area contributed by atoms with Crippen molar-refractivity contribution in [3.8, 4) is 0 Å². The van der Waals surface area contributed by atoms with Gasteiger partial charge in [0.15, 0.2) is 0 Å². The molecule has 0 saturated heterocycles. The summed E-state index contributed by atoms with van der Waals surface area (Å²) in [5.41, 5.74) is 0. The molecule has 3 nitrogen and oxygen atoms in total. The third kappa shape index (κ3) is 4.88. The summed E-state index contributed by atoms with van der Waals surface area (Å²) < 4.78 is 0. The number of nitrogens with one attached hydrogen (secondary N) is 2. The van der Waals surface area contributed by atoms with Crippen LogP contribution < -0.4 is 10.6 Å². The van der Waals surface area contributed by atoms with E-state index >= 15 is 0 Å². The SMILES string of the molecule is O=C(NCCSc1ccc(Cl)cc1)NC1CC1. The molecule has 1 fully saturated rings. The number of carbonyl (C=O) groups excluding carboxylic acids is 1. The zero-order chi connectivity index (χ0) is 12.1. The number of rotatable bonds is 5. The van der Waals surface area contributed by atoms with Gasteiger partial charge in [-0.2, -0.15) is 0 Å².